The van der Waals surface area contributed by atoms with Gasteiger partial charge in [-0.25, -0.2) is 0 Å². The fourth-order valence-corrected chi connectivity index (χ4v) is 2.20. The number of hydrogen-bond donors (Lipinski definition) is 1. The van der Waals surface area contributed by atoms with Gasteiger partial charge >= 0.3 is 0 Å². The number of Topliss-reactive ketones (excluding diaryl/α,β-unsaturated/α-hetero) is 1. The van der Waals surface area contributed by atoms with E-state index in [1.165, 1.54) is 18.5 Å². The third-order valence-corrected chi connectivity index (χ3v) is 3.14. The smallest absolute Gasteiger partial charge is 0.298 e. The Kier molecular flexibility index (Phi) is 4.11. The van der Waals surface area contributed by atoms with Gasteiger partial charge in [0, 0.05) is 23.6 Å². The zero-order valence-electron chi connectivity index (χ0n) is 10.8. The van der Waals surface area contributed by atoms with E-state index in [1.54, 1.807) is 18.2 Å². The number of ketones is 1. The van der Waals surface area contributed by atoms with Gasteiger partial charge in [0.2, 0.25) is 0 Å². The van der Waals surface area contributed by atoms with Crippen LogP contribution in [0, 0.1) is 0 Å². The first kappa shape index (κ1) is 13.5. The average Bonchev–Trinajstić information content (AvgIpc) is 2.79. The Hall–Kier alpha value is -1.95. The molecular formula is C13H15N3O2S. The van der Waals surface area contributed by atoms with Crippen LogP contribution in [-0.2, 0) is 6.42 Å². The molecule has 0 saturated heterocycles. The van der Waals surface area contributed by atoms with Crippen LogP contribution in [0.3, 0.4) is 0 Å². The number of nitrogens with two attached hydrogens (primary N) is 1. The number of hydrogen-bond acceptors (Lipinski definition) is 6. The maximum absolute atomic E-state index is 11.5. The fraction of sp³-hybridized carbons (Fsp3) is 0.308. The Morgan fingerprint density at radius 1 is 1.47 bits per heavy atom. The van der Waals surface area contributed by atoms with E-state index >= 15 is 0 Å². The highest BCUT2D eigenvalue weighted by atomic mass is 32.1. The molecule has 19 heavy (non-hydrogen) atoms. The molecule has 0 atom stereocenters. The van der Waals surface area contributed by atoms with Crippen molar-refractivity contribution in [2.75, 3.05) is 5.73 Å². The van der Waals surface area contributed by atoms with Crippen molar-refractivity contribution in [3.63, 3.8) is 0 Å². The second-order valence-corrected chi connectivity index (χ2v) is 4.85. The Morgan fingerprint density at radius 2 is 2.26 bits per heavy atom. The molecule has 0 unspecified atom stereocenters. The SMILES string of the molecule is CCCc1nsc(Oc2ccc(N)cc2C(C)=O)n1. The number of anilines is 1. The number of ether oxygens (including phenoxy) is 1. The van der Waals surface area contributed by atoms with Crippen molar-refractivity contribution < 1.29 is 9.53 Å². The molecule has 6 heteroatoms. The summed E-state index contributed by atoms with van der Waals surface area (Å²) in [6.45, 7) is 3.54. The summed E-state index contributed by atoms with van der Waals surface area (Å²) >= 11 is 1.18. The lowest BCUT2D eigenvalue weighted by Gasteiger charge is -2.06. The van der Waals surface area contributed by atoms with Crippen LogP contribution in [0.4, 0.5) is 5.69 Å². The molecule has 0 fully saturated rings. The average molecular weight is 277 g/mol. The van der Waals surface area contributed by atoms with Gasteiger partial charge in [-0.15, -0.1) is 0 Å². The molecule has 0 aliphatic rings. The van der Waals surface area contributed by atoms with Crippen molar-refractivity contribution >= 4 is 23.0 Å². The normalized spacial score (nSPS) is 10.4. The summed E-state index contributed by atoms with van der Waals surface area (Å²) in [5, 5.41) is 0.440. The monoisotopic (exact) mass is 277 g/mol. The van der Waals surface area contributed by atoms with E-state index in [9.17, 15) is 4.79 Å². The topological polar surface area (TPSA) is 78.1 Å². The second kappa shape index (κ2) is 5.79. The number of aryl methyl sites for hydroxylation is 1. The summed E-state index contributed by atoms with van der Waals surface area (Å²) in [5.41, 5.74) is 6.65. The van der Waals surface area contributed by atoms with Gasteiger partial charge in [-0.3, -0.25) is 4.79 Å². The molecule has 0 aliphatic carbocycles. The first-order chi connectivity index (χ1) is 9.10. The van der Waals surface area contributed by atoms with Crippen molar-refractivity contribution in [2.45, 2.75) is 26.7 Å². The van der Waals surface area contributed by atoms with Gasteiger partial charge in [0.05, 0.1) is 5.56 Å². The summed E-state index contributed by atoms with van der Waals surface area (Å²) in [4.78, 5) is 15.8. The number of aromatic nitrogens is 2. The molecule has 5 nitrogen and oxygen atoms in total. The Bertz CT molecular complexity index is 595. The van der Waals surface area contributed by atoms with Gasteiger partial charge in [-0.05, 0) is 31.5 Å². The number of rotatable bonds is 5. The van der Waals surface area contributed by atoms with E-state index in [0.717, 1.165) is 18.7 Å². The molecule has 0 bridgehead atoms. The second-order valence-electron chi connectivity index (χ2n) is 4.14. The van der Waals surface area contributed by atoms with E-state index in [4.69, 9.17) is 10.5 Å². The number of nitrogen functional groups attached to an aromatic ring is 1. The van der Waals surface area contributed by atoms with Gasteiger partial charge in [0.1, 0.15) is 11.6 Å². The van der Waals surface area contributed by atoms with Crippen molar-refractivity contribution in [1.29, 1.82) is 0 Å². The van der Waals surface area contributed by atoms with Crippen LogP contribution in [0.5, 0.6) is 10.9 Å². The third kappa shape index (κ3) is 3.29. The Labute approximate surface area is 115 Å². The van der Waals surface area contributed by atoms with Gasteiger partial charge < -0.3 is 10.5 Å². The standard InChI is InChI=1S/C13H15N3O2S/c1-3-4-12-15-13(19-16-12)18-11-6-5-9(14)7-10(11)8(2)17/h5-7H,3-4,14H2,1-2H3. The van der Waals surface area contributed by atoms with Crippen LogP contribution < -0.4 is 10.5 Å². The first-order valence-electron chi connectivity index (χ1n) is 6.01. The van der Waals surface area contributed by atoms with Crippen LogP contribution >= 0.6 is 11.5 Å². The molecular weight excluding hydrogens is 262 g/mol. The summed E-state index contributed by atoms with van der Waals surface area (Å²) < 4.78 is 9.81. The molecule has 0 radical (unpaired) electrons. The summed E-state index contributed by atoms with van der Waals surface area (Å²) in [6, 6.07) is 4.97. The van der Waals surface area contributed by atoms with Crippen LogP contribution in [0.1, 0.15) is 36.5 Å². The first-order valence-corrected chi connectivity index (χ1v) is 6.78. The minimum Gasteiger partial charge on any atom is -0.429 e. The van der Waals surface area contributed by atoms with E-state index < -0.39 is 0 Å². The zero-order chi connectivity index (χ0) is 13.8. The maximum Gasteiger partial charge on any atom is 0.298 e. The van der Waals surface area contributed by atoms with Gasteiger partial charge in [-0.1, -0.05) is 6.92 Å². The Morgan fingerprint density at radius 3 is 2.95 bits per heavy atom. The molecule has 2 N–H and O–H groups in total. The molecule has 0 amide bonds. The van der Waals surface area contributed by atoms with Crippen molar-refractivity contribution in [3.8, 4) is 10.9 Å². The highest BCUT2D eigenvalue weighted by Gasteiger charge is 2.12. The molecule has 0 spiro atoms. The van der Waals surface area contributed by atoms with E-state index in [2.05, 4.69) is 16.3 Å². The molecule has 1 aromatic heterocycles. The molecule has 0 saturated carbocycles. The number of benzene rings is 1. The third-order valence-electron chi connectivity index (χ3n) is 2.50. The van der Waals surface area contributed by atoms with Crippen LogP contribution in [0.25, 0.3) is 0 Å². The fourth-order valence-electron chi connectivity index (χ4n) is 1.61. The molecule has 100 valence electrons. The summed E-state index contributed by atoms with van der Waals surface area (Å²) in [5.74, 6) is 1.13. The van der Waals surface area contributed by atoms with Crippen molar-refractivity contribution in [3.05, 3.63) is 29.6 Å². The molecule has 2 aromatic rings. The summed E-state index contributed by atoms with van der Waals surface area (Å²) in [7, 11) is 0. The number of carbonyl (C=O) groups excluding carboxylic acids is 1. The lowest BCUT2D eigenvalue weighted by atomic mass is 10.1. The van der Waals surface area contributed by atoms with Crippen LogP contribution in [0.15, 0.2) is 18.2 Å². The minimum atomic E-state index is -0.0967. The number of nitrogens with zero attached hydrogens (tertiary/aromatic N) is 2. The summed E-state index contributed by atoms with van der Waals surface area (Å²) in [6.07, 6.45) is 1.80. The Balaban J connectivity index is 2.24. The highest BCUT2D eigenvalue weighted by Crippen LogP contribution is 2.28. The van der Waals surface area contributed by atoms with Gasteiger partial charge in [0.25, 0.3) is 5.19 Å². The van der Waals surface area contributed by atoms with E-state index in [1.807, 2.05) is 0 Å². The van der Waals surface area contributed by atoms with Gasteiger partial charge in [-0.2, -0.15) is 9.36 Å². The predicted octanol–water partition coefficient (Wildman–Crippen LogP) is 3.07. The number of carbonyl (C=O) groups is 1. The predicted molar refractivity (Wildman–Crippen MR) is 74.8 cm³/mol. The zero-order valence-corrected chi connectivity index (χ0v) is 11.7. The maximum atomic E-state index is 11.5. The lowest BCUT2D eigenvalue weighted by Crippen LogP contribution is -1.99. The molecule has 1 aromatic carbocycles. The van der Waals surface area contributed by atoms with Crippen molar-refractivity contribution in [1.82, 2.24) is 9.36 Å². The van der Waals surface area contributed by atoms with Crippen molar-refractivity contribution in [2.24, 2.45) is 0 Å². The van der Waals surface area contributed by atoms with E-state index in [0.29, 0.717) is 22.2 Å². The molecule has 2 rings (SSSR count). The van der Waals surface area contributed by atoms with Crippen LogP contribution in [0.2, 0.25) is 0 Å². The van der Waals surface area contributed by atoms with Crippen LogP contribution in [-0.4, -0.2) is 15.1 Å². The lowest BCUT2D eigenvalue weighted by molar-refractivity contribution is 0.101. The van der Waals surface area contributed by atoms with E-state index in [-0.39, 0.29) is 5.78 Å². The largest absolute Gasteiger partial charge is 0.429 e. The minimum absolute atomic E-state index is 0.0967. The molecule has 1 heterocycles. The quantitative estimate of drug-likeness (QED) is 0.671. The van der Waals surface area contributed by atoms with Gasteiger partial charge in [0.15, 0.2) is 5.78 Å². The molecule has 0 aliphatic heterocycles. The highest BCUT2D eigenvalue weighted by molar-refractivity contribution is 7.07.